The number of carbonyl (C=O) groups is 1. The lowest BCUT2D eigenvalue weighted by molar-refractivity contribution is 0.0841. The smallest absolute Gasteiger partial charge is 0.252 e. The summed E-state index contributed by atoms with van der Waals surface area (Å²) < 4.78 is 5.42. The van der Waals surface area contributed by atoms with E-state index in [1.165, 1.54) is 0 Å². The molecule has 6 heteroatoms. The molecule has 2 N–H and O–H groups in total. The molecule has 0 aliphatic heterocycles. The number of hydrogen-bond acceptors (Lipinski definition) is 5. The van der Waals surface area contributed by atoms with Gasteiger partial charge in [0.05, 0.1) is 17.2 Å². The maximum Gasteiger partial charge on any atom is 0.252 e. The van der Waals surface area contributed by atoms with Gasteiger partial charge in [-0.3, -0.25) is 4.79 Å². The van der Waals surface area contributed by atoms with E-state index in [0.717, 1.165) is 25.7 Å². The number of hydrogen-bond donors (Lipinski definition) is 2. The number of nitrogens with zero attached hydrogens (tertiary/aromatic N) is 2. The highest BCUT2D eigenvalue weighted by molar-refractivity contribution is 5.99. The molecule has 0 spiro atoms. The highest BCUT2D eigenvalue weighted by Gasteiger charge is 2.24. The van der Waals surface area contributed by atoms with E-state index in [2.05, 4.69) is 15.5 Å². The Balaban J connectivity index is 1.70. The molecule has 1 heterocycles. The SMILES string of the molecule is Cc1nnc(-c2ccccc2C(=O)NCC(O)C2CCCC2)o1. The standard InChI is InChI=1S/C17H21N3O3/c1-11-19-20-17(23-11)14-9-5-4-8-13(14)16(22)18-10-15(21)12-6-2-3-7-12/h4-5,8-9,12,15,21H,2-3,6-7,10H2,1H3,(H,18,22). The highest BCUT2D eigenvalue weighted by atomic mass is 16.4. The normalized spacial score (nSPS) is 16.4. The molecule has 23 heavy (non-hydrogen) atoms. The molecule has 1 aromatic carbocycles. The summed E-state index contributed by atoms with van der Waals surface area (Å²) in [5.74, 6) is 0.828. The summed E-state index contributed by atoms with van der Waals surface area (Å²) in [4.78, 5) is 12.5. The molecule has 1 aliphatic rings. The van der Waals surface area contributed by atoms with Crippen LogP contribution < -0.4 is 5.32 Å². The number of rotatable bonds is 5. The van der Waals surface area contributed by atoms with Crippen LogP contribution in [0.15, 0.2) is 28.7 Å². The van der Waals surface area contributed by atoms with E-state index in [1.54, 1.807) is 25.1 Å². The van der Waals surface area contributed by atoms with Gasteiger partial charge in [0.15, 0.2) is 0 Å². The molecule has 1 saturated carbocycles. The van der Waals surface area contributed by atoms with E-state index < -0.39 is 6.10 Å². The van der Waals surface area contributed by atoms with Gasteiger partial charge < -0.3 is 14.8 Å². The summed E-state index contributed by atoms with van der Waals surface area (Å²) in [6.07, 6.45) is 3.91. The summed E-state index contributed by atoms with van der Waals surface area (Å²) in [5, 5.41) is 20.8. The van der Waals surface area contributed by atoms with Crippen LogP contribution in [0.25, 0.3) is 11.5 Å². The van der Waals surface area contributed by atoms with Crippen molar-refractivity contribution in [2.45, 2.75) is 38.7 Å². The van der Waals surface area contributed by atoms with Crippen LogP contribution >= 0.6 is 0 Å². The van der Waals surface area contributed by atoms with Gasteiger partial charge >= 0.3 is 0 Å². The topological polar surface area (TPSA) is 88.2 Å². The highest BCUT2D eigenvalue weighted by Crippen LogP contribution is 2.27. The first-order valence-corrected chi connectivity index (χ1v) is 8.01. The summed E-state index contributed by atoms with van der Waals surface area (Å²) in [6.45, 7) is 1.97. The number of benzene rings is 1. The number of aryl methyl sites for hydroxylation is 1. The largest absolute Gasteiger partial charge is 0.421 e. The molecule has 1 unspecified atom stereocenters. The van der Waals surface area contributed by atoms with E-state index in [9.17, 15) is 9.90 Å². The average molecular weight is 315 g/mol. The first-order chi connectivity index (χ1) is 11.1. The summed E-state index contributed by atoms with van der Waals surface area (Å²) in [7, 11) is 0. The maximum absolute atomic E-state index is 12.5. The number of aliphatic hydroxyl groups is 1. The van der Waals surface area contributed by atoms with Crippen molar-refractivity contribution in [3.05, 3.63) is 35.7 Å². The number of aromatic nitrogens is 2. The van der Waals surface area contributed by atoms with E-state index in [-0.39, 0.29) is 12.5 Å². The summed E-state index contributed by atoms with van der Waals surface area (Å²) >= 11 is 0. The fraction of sp³-hybridized carbons (Fsp3) is 0.471. The minimum absolute atomic E-state index is 0.242. The third-order valence-electron chi connectivity index (χ3n) is 4.34. The first-order valence-electron chi connectivity index (χ1n) is 8.01. The second kappa shape index (κ2) is 6.91. The fourth-order valence-corrected chi connectivity index (χ4v) is 3.07. The molecular weight excluding hydrogens is 294 g/mol. The fourth-order valence-electron chi connectivity index (χ4n) is 3.07. The van der Waals surface area contributed by atoms with Gasteiger partial charge in [0.25, 0.3) is 5.91 Å². The molecular formula is C17H21N3O3. The Morgan fingerprint density at radius 2 is 2.09 bits per heavy atom. The van der Waals surface area contributed by atoms with Crippen LogP contribution in [0.4, 0.5) is 0 Å². The Morgan fingerprint density at radius 3 is 2.78 bits per heavy atom. The summed E-state index contributed by atoms with van der Waals surface area (Å²) in [6, 6.07) is 7.09. The lowest BCUT2D eigenvalue weighted by atomic mass is 10.0. The van der Waals surface area contributed by atoms with Gasteiger partial charge in [-0.15, -0.1) is 10.2 Å². The lowest BCUT2D eigenvalue weighted by Crippen LogP contribution is -2.35. The number of aliphatic hydroxyl groups excluding tert-OH is 1. The monoisotopic (exact) mass is 315 g/mol. The van der Waals surface area contributed by atoms with Gasteiger partial charge in [0.2, 0.25) is 11.8 Å². The zero-order valence-corrected chi connectivity index (χ0v) is 13.2. The van der Waals surface area contributed by atoms with Crippen LogP contribution in [0, 0.1) is 12.8 Å². The Kier molecular flexibility index (Phi) is 4.71. The first kappa shape index (κ1) is 15.7. The van der Waals surface area contributed by atoms with Crippen molar-refractivity contribution < 1.29 is 14.3 Å². The predicted molar refractivity (Wildman–Crippen MR) is 84.8 cm³/mol. The van der Waals surface area contributed by atoms with E-state index in [1.807, 2.05) is 6.07 Å². The van der Waals surface area contributed by atoms with Crippen LogP contribution in [0.2, 0.25) is 0 Å². The third-order valence-corrected chi connectivity index (χ3v) is 4.34. The van der Waals surface area contributed by atoms with Crippen molar-refractivity contribution in [3.63, 3.8) is 0 Å². The Bertz CT molecular complexity index is 677. The van der Waals surface area contributed by atoms with Gasteiger partial charge in [-0.05, 0) is 30.9 Å². The molecule has 1 aliphatic carbocycles. The Labute approximate surface area is 134 Å². The summed E-state index contributed by atoms with van der Waals surface area (Å²) in [5.41, 5.74) is 1.07. The quantitative estimate of drug-likeness (QED) is 0.884. The van der Waals surface area contributed by atoms with Crippen molar-refractivity contribution in [1.82, 2.24) is 15.5 Å². The van der Waals surface area contributed by atoms with Gasteiger partial charge in [0, 0.05) is 13.5 Å². The second-order valence-electron chi connectivity index (χ2n) is 5.99. The number of carbonyl (C=O) groups excluding carboxylic acids is 1. The van der Waals surface area contributed by atoms with Crippen LogP contribution in [0.3, 0.4) is 0 Å². The predicted octanol–water partition coefficient (Wildman–Crippen LogP) is 2.33. The Morgan fingerprint density at radius 1 is 1.35 bits per heavy atom. The van der Waals surface area contributed by atoms with Crippen LogP contribution in [0.1, 0.15) is 41.9 Å². The lowest BCUT2D eigenvalue weighted by Gasteiger charge is -2.18. The van der Waals surface area contributed by atoms with Gasteiger partial charge in [-0.1, -0.05) is 25.0 Å². The maximum atomic E-state index is 12.5. The molecule has 2 aromatic rings. The molecule has 6 nitrogen and oxygen atoms in total. The third kappa shape index (κ3) is 3.59. The van der Waals surface area contributed by atoms with Crippen LogP contribution in [0.5, 0.6) is 0 Å². The molecule has 0 bridgehead atoms. The molecule has 1 fully saturated rings. The van der Waals surface area contributed by atoms with Crippen LogP contribution in [-0.4, -0.2) is 33.9 Å². The van der Waals surface area contributed by atoms with Crippen molar-refractivity contribution >= 4 is 5.91 Å². The van der Waals surface area contributed by atoms with Crippen molar-refractivity contribution in [3.8, 4) is 11.5 Å². The van der Waals surface area contributed by atoms with Gasteiger partial charge in [-0.2, -0.15) is 0 Å². The molecule has 3 rings (SSSR count). The van der Waals surface area contributed by atoms with E-state index >= 15 is 0 Å². The van der Waals surface area contributed by atoms with Crippen molar-refractivity contribution in [2.24, 2.45) is 5.92 Å². The molecule has 1 amide bonds. The van der Waals surface area contributed by atoms with Gasteiger partial charge in [-0.25, -0.2) is 0 Å². The number of nitrogens with one attached hydrogen (secondary N) is 1. The van der Waals surface area contributed by atoms with Crippen molar-refractivity contribution in [1.29, 1.82) is 0 Å². The van der Waals surface area contributed by atoms with E-state index in [0.29, 0.717) is 28.8 Å². The second-order valence-corrected chi connectivity index (χ2v) is 5.99. The molecule has 0 saturated heterocycles. The Hall–Kier alpha value is -2.21. The average Bonchev–Trinajstić information content (AvgIpc) is 3.24. The van der Waals surface area contributed by atoms with E-state index in [4.69, 9.17) is 4.42 Å². The minimum atomic E-state index is -0.487. The molecule has 1 aromatic heterocycles. The van der Waals surface area contributed by atoms with Crippen molar-refractivity contribution in [2.75, 3.05) is 6.54 Å². The molecule has 1 atom stereocenters. The zero-order valence-electron chi connectivity index (χ0n) is 13.2. The van der Waals surface area contributed by atoms with Gasteiger partial charge in [0.1, 0.15) is 0 Å². The zero-order chi connectivity index (χ0) is 16.2. The minimum Gasteiger partial charge on any atom is -0.421 e. The number of amides is 1. The molecule has 0 radical (unpaired) electrons. The van der Waals surface area contributed by atoms with Crippen LogP contribution in [-0.2, 0) is 0 Å². The molecule has 122 valence electrons.